The van der Waals surface area contributed by atoms with E-state index < -0.39 is 5.41 Å². The lowest BCUT2D eigenvalue weighted by Crippen LogP contribution is -2.29. The van der Waals surface area contributed by atoms with Gasteiger partial charge in [-0.2, -0.15) is 0 Å². The summed E-state index contributed by atoms with van der Waals surface area (Å²) < 4.78 is 4.78. The molecule has 1 aliphatic rings. The molecular weight excluding hydrogens is 176 g/mol. The van der Waals surface area contributed by atoms with Crippen molar-refractivity contribution in [3.05, 3.63) is 24.3 Å². The molecule has 0 saturated carbocycles. The molecule has 74 valence electrons. The van der Waals surface area contributed by atoms with E-state index in [9.17, 15) is 4.79 Å². The quantitative estimate of drug-likeness (QED) is 0.387. The van der Waals surface area contributed by atoms with E-state index in [1.165, 1.54) is 7.11 Å². The summed E-state index contributed by atoms with van der Waals surface area (Å²) in [6, 6.07) is 0. The summed E-state index contributed by atoms with van der Waals surface area (Å²) in [5.74, 6) is 2.31. The van der Waals surface area contributed by atoms with Crippen molar-refractivity contribution < 1.29 is 9.53 Å². The van der Waals surface area contributed by atoms with E-state index in [4.69, 9.17) is 11.2 Å². The van der Waals surface area contributed by atoms with Crippen molar-refractivity contribution in [3.63, 3.8) is 0 Å². The Hall–Kier alpha value is -1.49. The standard InChI is InChI=1S/C12H14O2/c1-3-4-8-12(11(13)14-2)9-6-5-7-10-12/h1,6-7,9-10H,4-5,8H2,2H3. The number of carbonyl (C=O) groups excluding carboxylic acids is 1. The smallest absolute Gasteiger partial charge is 0.319 e. The van der Waals surface area contributed by atoms with Crippen LogP contribution in [0.15, 0.2) is 24.3 Å². The molecule has 0 N–H and O–H groups in total. The van der Waals surface area contributed by atoms with Crippen molar-refractivity contribution in [2.24, 2.45) is 5.41 Å². The van der Waals surface area contributed by atoms with Crippen LogP contribution in [0.1, 0.15) is 19.3 Å². The van der Waals surface area contributed by atoms with Crippen molar-refractivity contribution in [2.75, 3.05) is 7.11 Å². The second kappa shape index (κ2) is 4.66. The van der Waals surface area contributed by atoms with Crippen LogP contribution in [-0.2, 0) is 9.53 Å². The number of esters is 1. The van der Waals surface area contributed by atoms with Crippen LogP contribution >= 0.6 is 0 Å². The highest BCUT2D eigenvalue weighted by atomic mass is 16.5. The molecule has 1 rings (SSSR count). The third-order valence-corrected chi connectivity index (χ3v) is 2.35. The first-order chi connectivity index (χ1) is 6.75. The summed E-state index contributed by atoms with van der Waals surface area (Å²) in [7, 11) is 1.40. The molecule has 0 aromatic rings. The predicted octanol–water partition coefficient (Wildman–Crippen LogP) is 2.08. The number of hydrogen-bond donors (Lipinski definition) is 0. The third kappa shape index (κ3) is 2.05. The van der Waals surface area contributed by atoms with Gasteiger partial charge in [0.15, 0.2) is 0 Å². The number of rotatable bonds is 3. The number of hydrogen-bond acceptors (Lipinski definition) is 2. The predicted molar refractivity (Wildman–Crippen MR) is 55.4 cm³/mol. The van der Waals surface area contributed by atoms with Gasteiger partial charge < -0.3 is 4.74 Å². The van der Waals surface area contributed by atoms with E-state index in [-0.39, 0.29) is 5.97 Å². The molecule has 0 saturated heterocycles. The summed E-state index contributed by atoms with van der Waals surface area (Å²) in [5.41, 5.74) is -0.626. The lowest BCUT2D eigenvalue weighted by Gasteiger charge is -2.25. The van der Waals surface area contributed by atoms with Gasteiger partial charge in [-0.1, -0.05) is 24.3 Å². The second-order valence-corrected chi connectivity index (χ2v) is 3.28. The SMILES string of the molecule is C#CCCC1(C(=O)OC)C=CCC=C1. The molecule has 0 aromatic heterocycles. The Kier molecular flexibility index (Phi) is 3.53. The molecule has 1 aliphatic carbocycles. The normalized spacial score (nSPS) is 17.4. The van der Waals surface area contributed by atoms with Crippen LogP contribution in [0.25, 0.3) is 0 Å². The van der Waals surface area contributed by atoms with Gasteiger partial charge in [-0.05, 0) is 12.8 Å². The van der Waals surface area contributed by atoms with Gasteiger partial charge in [-0.25, -0.2) is 0 Å². The van der Waals surface area contributed by atoms with Gasteiger partial charge in [-0.15, -0.1) is 12.3 Å². The molecule has 0 fully saturated rings. The Morgan fingerprint density at radius 2 is 2.21 bits per heavy atom. The first-order valence-corrected chi connectivity index (χ1v) is 4.62. The van der Waals surface area contributed by atoms with E-state index in [2.05, 4.69) is 5.92 Å². The molecular formula is C12H14O2. The molecule has 2 nitrogen and oxygen atoms in total. The average molecular weight is 190 g/mol. The molecule has 14 heavy (non-hydrogen) atoms. The summed E-state index contributed by atoms with van der Waals surface area (Å²) in [6.45, 7) is 0. The van der Waals surface area contributed by atoms with Crippen molar-refractivity contribution in [1.29, 1.82) is 0 Å². The van der Waals surface area contributed by atoms with Gasteiger partial charge in [0, 0.05) is 6.42 Å². The van der Waals surface area contributed by atoms with Crippen molar-refractivity contribution in [1.82, 2.24) is 0 Å². The Labute approximate surface area is 84.6 Å². The largest absolute Gasteiger partial charge is 0.468 e. The highest BCUT2D eigenvalue weighted by Crippen LogP contribution is 2.32. The minimum Gasteiger partial charge on any atom is -0.468 e. The van der Waals surface area contributed by atoms with E-state index in [1.807, 2.05) is 24.3 Å². The molecule has 0 bridgehead atoms. The second-order valence-electron chi connectivity index (χ2n) is 3.28. The van der Waals surface area contributed by atoms with Crippen molar-refractivity contribution in [3.8, 4) is 12.3 Å². The molecule has 0 heterocycles. The maximum absolute atomic E-state index is 11.6. The summed E-state index contributed by atoms with van der Waals surface area (Å²) in [6.07, 6.45) is 15.0. The fourth-order valence-electron chi connectivity index (χ4n) is 1.56. The van der Waals surface area contributed by atoms with Gasteiger partial charge in [-0.3, -0.25) is 4.79 Å². The van der Waals surface area contributed by atoms with E-state index in [0.717, 1.165) is 6.42 Å². The van der Waals surface area contributed by atoms with Crippen molar-refractivity contribution >= 4 is 5.97 Å². The number of allylic oxidation sites excluding steroid dienone is 2. The van der Waals surface area contributed by atoms with Crippen molar-refractivity contribution in [2.45, 2.75) is 19.3 Å². The molecule has 0 aliphatic heterocycles. The van der Waals surface area contributed by atoms with Gasteiger partial charge >= 0.3 is 5.97 Å². The number of terminal acetylenes is 1. The molecule has 0 amide bonds. The fraction of sp³-hybridized carbons (Fsp3) is 0.417. The monoisotopic (exact) mass is 190 g/mol. The zero-order valence-electron chi connectivity index (χ0n) is 8.32. The zero-order valence-corrected chi connectivity index (χ0v) is 8.32. The van der Waals surface area contributed by atoms with E-state index >= 15 is 0 Å². The molecule has 0 radical (unpaired) electrons. The number of ether oxygens (including phenoxy) is 1. The zero-order chi connectivity index (χ0) is 10.4. The molecule has 0 atom stereocenters. The first kappa shape index (κ1) is 10.6. The highest BCUT2D eigenvalue weighted by Gasteiger charge is 2.34. The summed E-state index contributed by atoms with van der Waals surface area (Å²) in [5, 5.41) is 0. The minimum absolute atomic E-state index is 0.236. The van der Waals surface area contributed by atoms with Crippen LogP contribution in [0.4, 0.5) is 0 Å². The maximum Gasteiger partial charge on any atom is 0.319 e. The highest BCUT2D eigenvalue weighted by molar-refractivity contribution is 5.81. The molecule has 0 aromatic carbocycles. The van der Waals surface area contributed by atoms with E-state index in [1.54, 1.807) is 0 Å². The van der Waals surface area contributed by atoms with Crippen LogP contribution in [0.2, 0.25) is 0 Å². The molecule has 0 unspecified atom stereocenters. The van der Waals surface area contributed by atoms with Gasteiger partial charge in [0.05, 0.1) is 7.11 Å². The molecule has 0 spiro atoms. The number of carbonyl (C=O) groups is 1. The Morgan fingerprint density at radius 1 is 1.57 bits per heavy atom. The van der Waals surface area contributed by atoms with Gasteiger partial charge in [0.2, 0.25) is 0 Å². The Morgan fingerprint density at radius 3 is 2.71 bits per heavy atom. The average Bonchev–Trinajstić information content (AvgIpc) is 2.26. The van der Waals surface area contributed by atoms with Crippen LogP contribution in [-0.4, -0.2) is 13.1 Å². The topological polar surface area (TPSA) is 26.3 Å². The maximum atomic E-state index is 11.6. The van der Waals surface area contributed by atoms with Gasteiger partial charge in [0.25, 0.3) is 0 Å². The van der Waals surface area contributed by atoms with E-state index in [0.29, 0.717) is 12.8 Å². The van der Waals surface area contributed by atoms with Crippen LogP contribution < -0.4 is 0 Å². The Bertz CT molecular complexity index is 293. The lowest BCUT2D eigenvalue weighted by molar-refractivity contribution is -0.147. The Balaban J connectivity index is 2.84. The lowest BCUT2D eigenvalue weighted by atomic mass is 9.80. The van der Waals surface area contributed by atoms with Crippen LogP contribution in [0.5, 0.6) is 0 Å². The first-order valence-electron chi connectivity index (χ1n) is 4.62. The third-order valence-electron chi connectivity index (χ3n) is 2.35. The number of methoxy groups -OCH3 is 1. The van der Waals surface area contributed by atoms with Crippen LogP contribution in [0, 0.1) is 17.8 Å². The minimum atomic E-state index is -0.626. The fourth-order valence-corrected chi connectivity index (χ4v) is 1.56. The summed E-state index contributed by atoms with van der Waals surface area (Å²) in [4.78, 5) is 11.6. The van der Waals surface area contributed by atoms with Gasteiger partial charge in [0.1, 0.15) is 5.41 Å². The molecule has 2 heteroatoms. The summed E-state index contributed by atoms with van der Waals surface area (Å²) >= 11 is 0. The van der Waals surface area contributed by atoms with Crippen LogP contribution in [0.3, 0.4) is 0 Å².